The van der Waals surface area contributed by atoms with Crippen LogP contribution in [-0.2, 0) is 23.4 Å². The fourth-order valence-corrected chi connectivity index (χ4v) is 5.42. The average molecular weight is 578 g/mol. The van der Waals surface area contributed by atoms with Gasteiger partial charge in [-0.1, -0.05) is 24.1 Å². The lowest BCUT2D eigenvalue weighted by Gasteiger charge is -2.29. The van der Waals surface area contributed by atoms with Crippen LogP contribution >= 0.6 is 7.75 Å². The van der Waals surface area contributed by atoms with Crippen LogP contribution in [0.15, 0.2) is 36.7 Å². The van der Waals surface area contributed by atoms with E-state index in [1.165, 1.54) is 19.1 Å². The number of aromatic nitrogens is 4. The molecule has 1 fully saturated rings. The van der Waals surface area contributed by atoms with E-state index in [1.807, 2.05) is 0 Å². The zero-order valence-electron chi connectivity index (χ0n) is 21.7. The number of nitrogens with two attached hydrogens (primary N) is 1. The Labute approximate surface area is 228 Å². The zero-order valence-corrected chi connectivity index (χ0v) is 22.6. The number of anilines is 1. The van der Waals surface area contributed by atoms with Gasteiger partial charge in [-0.05, 0) is 32.9 Å². The van der Waals surface area contributed by atoms with Crippen LogP contribution in [0.25, 0.3) is 11.2 Å². The van der Waals surface area contributed by atoms with Crippen LogP contribution in [0.2, 0.25) is 0 Å². The molecule has 214 valence electrons. The van der Waals surface area contributed by atoms with Gasteiger partial charge in [0.2, 0.25) is 0 Å². The summed E-state index contributed by atoms with van der Waals surface area (Å²) in [5, 5.41) is 24.3. The van der Waals surface area contributed by atoms with Gasteiger partial charge in [0.1, 0.15) is 30.6 Å². The fraction of sp³-hybridized carbons (Fsp3) is 0.417. The Bertz CT molecular complexity index is 1470. The Kier molecular flexibility index (Phi) is 8.41. The van der Waals surface area contributed by atoms with Gasteiger partial charge in [-0.3, -0.25) is 13.9 Å². The Balaban J connectivity index is 1.61. The second-order valence-corrected chi connectivity index (χ2v) is 10.9. The second-order valence-electron chi connectivity index (χ2n) is 9.19. The van der Waals surface area contributed by atoms with Crippen LogP contribution in [0.3, 0.4) is 0 Å². The van der Waals surface area contributed by atoms with Crippen LogP contribution in [-0.4, -0.2) is 72.3 Å². The van der Waals surface area contributed by atoms with Gasteiger partial charge in [-0.25, -0.2) is 9.55 Å². The molecule has 5 N–H and O–H groups in total. The van der Waals surface area contributed by atoms with Gasteiger partial charge in [0.15, 0.2) is 28.8 Å². The summed E-state index contributed by atoms with van der Waals surface area (Å²) in [6.45, 7) is 3.91. The van der Waals surface area contributed by atoms with Gasteiger partial charge < -0.3 is 29.9 Å². The van der Waals surface area contributed by atoms with Crippen molar-refractivity contribution in [2.45, 2.75) is 57.0 Å². The minimum absolute atomic E-state index is 0.0216. The van der Waals surface area contributed by atoms with Crippen molar-refractivity contribution in [3.63, 3.8) is 0 Å². The molecule has 3 aromatic rings. The normalized spacial score (nSPS) is 24.9. The molecule has 2 unspecified atom stereocenters. The number of benzene rings is 1. The first kappa shape index (κ1) is 29.3. The van der Waals surface area contributed by atoms with E-state index >= 15 is 0 Å². The second kappa shape index (κ2) is 11.5. The number of nitrogens with zero attached hydrogens (tertiary/aromatic N) is 4. The number of aliphatic hydroxyl groups excluding tert-OH is 2. The number of rotatable bonds is 10. The molecule has 0 bridgehead atoms. The lowest BCUT2D eigenvalue weighted by Crippen LogP contribution is -2.46. The summed E-state index contributed by atoms with van der Waals surface area (Å²) in [7, 11) is -4.41. The van der Waals surface area contributed by atoms with E-state index in [9.17, 15) is 24.0 Å². The number of hydrogen-bond donors (Lipinski definition) is 4. The van der Waals surface area contributed by atoms with Crippen molar-refractivity contribution in [1.29, 1.82) is 0 Å². The van der Waals surface area contributed by atoms with Crippen molar-refractivity contribution in [2.24, 2.45) is 0 Å². The van der Waals surface area contributed by atoms with Crippen molar-refractivity contribution in [2.75, 3.05) is 12.3 Å². The van der Waals surface area contributed by atoms with E-state index in [2.05, 4.69) is 26.0 Å². The first-order valence-corrected chi connectivity index (χ1v) is 13.6. The van der Waals surface area contributed by atoms with E-state index in [4.69, 9.17) is 30.7 Å². The molecule has 1 saturated heterocycles. The highest BCUT2D eigenvalue weighted by molar-refractivity contribution is 7.52. The maximum absolute atomic E-state index is 13.9. The van der Waals surface area contributed by atoms with Gasteiger partial charge in [-0.2, -0.15) is 19.4 Å². The van der Waals surface area contributed by atoms with Crippen molar-refractivity contribution < 1.29 is 42.5 Å². The third-order valence-corrected chi connectivity index (χ3v) is 7.46. The number of hydrogen-bond acceptors (Lipinski definition) is 12. The van der Waals surface area contributed by atoms with Crippen molar-refractivity contribution in [1.82, 2.24) is 24.6 Å². The minimum Gasteiger partial charge on any atom is -0.462 e. The summed E-state index contributed by atoms with van der Waals surface area (Å²) < 4.78 is 51.0. The monoisotopic (exact) mass is 578 g/mol. The molecule has 1 aliphatic rings. The van der Waals surface area contributed by atoms with Gasteiger partial charge in [0, 0.05) is 0 Å². The molecular weight excluding hydrogens is 550 g/mol. The Hall–Kier alpha value is -3.64. The molecule has 0 saturated carbocycles. The minimum atomic E-state index is -4.41. The molecule has 6 atom stereocenters. The smallest absolute Gasteiger partial charge is 0.459 e. The van der Waals surface area contributed by atoms with Crippen molar-refractivity contribution in [3.8, 4) is 18.1 Å². The summed E-state index contributed by atoms with van der Waals surface area (Å²) in [5.41, 5.74) is 3.50. The molecule has 40 heavy (non-hydrogen) atoms. The molecule has 1 aromatic carbocycles. The molecule has 0 spiro atoms. The fourth-order valence-electron chi connectivity index (χ4n) is 3.90. The predicted octanol–water partition coefficient (Wildman–Crippen LogP) is 1.30. The lowest BCUT2D eigenvalue weighted by atomic mass is 9.97. The maximum atomic E-state index is 13.9. The molecule has 0 radical (unpaired) electrons. The number of ether oxygens (including phenoxy) is 2. The third kappa shape index (κ3) is 5.92. The van der Waals surface area contributed by atoms with E-state index in [0.29, 0.717) is 0 Å². The molecule has 3 heterocycles. The molecule has 2 aromatic heterocycles. The number of imidazole rings is 1. The first-order valence-electron chi connectivity index (χ1n) is 12.0. The predicted molar refractivity (Wildman–Crippen MR) is 138 cm³/mol. The summed E-state index contributed by atoms with van der Waals surface area (Å²) in [4.78, 5) is 23.4. The molecule has 4 rings (SSSR count). The molecule has 14 nitrogen and oxygen atoms in total. The summed E-state index contributed by atoms with van der Waals surface area (Å²) in [6.07, 6.45) is 0.337. The number of fused-ring (bicyclic) bond motifs is 1. The topological polar surface area (TPSA) is 193 Å². The number of esters is 1. The number of halogens is 1. The van der Waals surface area contributed by atoms with Crippen LogP contribution in [0.1, 0.15) is 27.0 Å². The first-order chi connectivity index (χ1) is 18.9. The number of carbonyl (C=O) groups is 1. The highest BCUT2D eigenvalue weighted by Crippen LogP contribution is 2.48. The zero-order chi connectivity index (χ0) is 29.2. The maximum Gasteiger partial charge on any atom is 0.459 e. The number of carbonyl (C=O) groups excluding carboxylic acids is 1. The number of nitrogens with one attached hydrogen (secondary N) is 1. The van der Waals surface area contributed by atoms with E-state index in [0.717, 1.165) is 10.9 Å². The van der Waals surface area contributed by atoms with Crippen LogP contribution in [0.5, 0.6) is 5.75 Å². The number of para-hydroxylation sites is 1. The third-order valence-electron chi connectivity index (χ3n) is 5.84. The van der Waals surface area contributed by atoms with Gasteiger partial charge in [0.25, 0.3) is 0 Å². The highest BCUT2D eigenvalue weighted by Gasteiger charge is 2.56. The number of terminal acetylenes is 1. The standard InChI is InChI=1S/C24H28FN6O8P/c1-5-24(18(33)17(32)21(38-24)31-12-27-16-19(26)28-23(25)29-20(16)31)11-36-40(35,39-15-9-7-6-8-10-15)30-14(4)22(34)37-13(2)3/h1,6-10,12-14,17-18,21,32-33H,11H2,2-4H3,(H,30,35)(H2,26,28,29)/t14-,17?,18?,21+,24+,40-/m0/s1. The summed E-state index contributed by atoms with van der Waals surface area (Å²) in [6, 6.07) is 6.81. The SMILES string of the molecule is C#C[C@]1(CO[P@@](=O)(N[C@@H](C)C(=O)OC(C)C)Oc2ccccc2)O[C@@H](n2cnc3c(N)nc(F)nc32)C(O)C1O. The van der Waals surface area contributed by atoms with Gasteiger partial charge >= 0.3 is 19.8 Å². The largest absolute Gasteiger partial charge is 0.462 e. The van der Waals surface area contributed by atoms with Crippen LogP contribution < -0.4 is 15.3 Å². The lowest BCUT2D eigenvalue weighted by molar-refractivity contribution is -0.149. The van der Waals surface area contributed by atoms with Gasteiger partial charge in [0.05, 0.1) is 12.4 Å². The Morgan fingerprint density at radius 2 is 2.02 bits per heavy atom. The quantitative estimate of drug-likeness (QED) is 0.117. The van der Waals surface area contributed by atoms with E-state index < -0.39 is 62.6 Å². The molecule has 0 aliphatic carbocycles. The van der Waals surface area contributed by atoms with Crippen molar-refractivity contribution in [3.05, 3.63) is 42.7 Å². The van der Waals surface area contributed by atoms with Gasteiger partial charge in [-0.15, -0.1) is 6.42 Å². The molecule has 0 amide bonds. The Morgan fingerprint density at radius 3 is 2.67 bits per heavy atom. The summed E-state index contributed by atoms with van der Waals surface area (Å²) >= 11 is 0. The molecule has 1 aliphatic heterocycles. The average Bonchev–Trinajstić information content (AvgIpc) is 3.42. The number of nitrogen functional groups attached to an aromatic ring is 1. The van der Waals surface area contributed by atoms with Crippen LogP contribution in [0, 0.1) is 18.4 Å². The van der Waals surface area contributed by atoms with E-state index in [-0.39, 0.29) is 22.7 Å². The van der Waals surface area contributed by atoms with Crippen molar-refractivity contribution >= 4 is 30.7 Å². The molecule has 16 heteroatoms. The highest BCUT2D eigenvalue weighted by atomic mass is 31.2. The van der Waals surface area contributed by atoms with E-state index in [1.54, 1.807) is 32.0 Å². The molecular formula is C24H28FN6O8P. The summed E-state index contributed by atoms with van der Waals surface area (Å²) in [5.74, 6) is 1.39. The Morgan fingerprint density at radius 1 is 1.32 bits per heavy atom. The number of aliphatic hydroxyl groups is 2. The van der Waals surface area contributed by atoms with Crippen LogP contribution in [0.4, 0.5) is 10.2 Å².